The SMILES string of the molecule is CC(=O)O[C@H]1[C@H](NC(=O)C(=NOC(=O)C(F)(F)F)c2ccc(OCCC(N)C(=O)O)cc2)C(=O)N1C(C(=O)OCc1ccccc1)c1ccc(OCc2ccccc2)cc1. The number of benzene rings is 4. The van der Waals surface area contributed by atoms with Crippen LogP contribution in [-0.2, 0) is 56.3 Å². The summed E-state index contributed by atoms with van der Waals surface area (Å²) in [5, 5.41) is 14.3. The molecule has 0 saturated carbocycles. The van der Waals surface area contributed by atoms with Crippen molar-refractivity contribution in [3.8, 4) is 11.5 Å². The molecule has 2 amide bonds. The number of oxime groups is 1. The highest BCUT2D eigenvalue weighted by Gasteiger charge is 2.56. The Hall–Kier alpha value is -7.28. The number of nitrogens with one attached hydrogen (secondary N) is 1. The molecule has 0 aromatic heterocycles. The lowest BCUT2D eigenvalue weighted by atomic mass is 9.95. The molecule has 0 spiro atoms. The highest BCUT2D eigenvalue weighted by atomic mass is 19.4. The first-order valence-electron chi connectivity index (χ1n) is 18.0. The second kappa shape index (κ2) is 19.9. The summed E-state index contributed by atoms with van der Waals surface area (Å²) in [5.74, 6) is -7.69. The molecule has 5 rings (SSSR count). The molecule has 4 aromatic rings. The molecule has 2 unspecified atom stereocenters. The van der Waals surface area contributed by atoms with Crippen molar-refractivity contribution in [1.82, 2.24) is 10.2 Å². The second-order valence-electron chi connectivity index (χ2n) is 13.0. The number of nitrogens with two attached hydrogens (primary N) is 1. The summed E-state index contributed by atoms with van der Waals surface area (Å²) in [6.45, 7) is 0.892. The number of ether oxygens (including phenoxy) is 4. The van der Waals surface area contributed by atoms with E-state index in [1.165, 1.54) is 24.3 Å². The Morgan fingerprint density at radius 2 is 1.40 bits per heavy atom. The second-order valence-corrected chi connectivity index (χ2v) is 13.0. The van der Waals surface area contributed by atoms with E-state index in [1.54, 1.807) is 42.5 Å². The fourth-order valence-corrected chi connectivity index (χ4v) is 5.60. The number of rotatable bonds is 18. The molecule has 314 valence electrons. The van der Waals surface area contributed by atoms with E-state index < -0.39 is 71.9 Å². The number of aliphatic carboxylic acids is 1. The third-order valence-electron chi connectivity index (χ3n) is 8.63. The average molecular weight is 835 g/mol. The molecule has 1 aliphatic heterocycles. The zero-order valence-electron chi connectivity index (χ0n) is 31.6. The maximum absolute atomic E-state index is 14.0. The van der Waals surface area contributed by atoms with Crippen LogP contribution < -0.4 is 20.5 Å². The Kier molecular flexibility index (Phi) is 14.6. The molecule has 0 radical (unpaired) electrons. The molecule has 0 aliphatic carbocycles. The van der Waals surface area contributed by atoms with Crippen LogP contribution in [0.5, 0.6) is 11.5 Å². The van der Waals surface area contributed by atoms with Crippen LogP contribution in [0.3, 0.4) is 0 Å². The number of amides is 2. The number of esters is 2. The monoisotopic (exact) mass is 834 g/mol. The lowest BCUT2D eigenvalue weighted by Crippen LogP contribution is -2.73. The highest BCUT2D eigenvalue weighted by Crippen LogP contribution is 2.35. The average Bonchev–Trinajstić information content (AvgIpc) is 3.23. The van der Waals surface area contributed by atoms with E-state index in [9.17, 15) is 41.9 Å². The Morgan fingerprint density at radius 3 is 1.97 bits per heavy atom. The van der Waals surface area contributed by atoms with Crippen LogP contribution >= 0.6 is 0 Å². The Bertz CT molecular complexity index is 2190. The molecule has 16 nitrogen and oxygen atoms in total. The Labute approximate surface area is 339 Å². The molecule has 1 fully saturated rings. The molecule has 19 heteroatoms. The number of nitrogens with zero attached hydrogens (tertiary/aromatic N) is 2. The van der Waals surface area contributed by atoms with E-state index in [-0.39, 0.29) is 43.1 Å². The summed E-state index contributed by atoms with van der Waals surface area (Å²) in [6, 6.07) is 24.3. The van der Waals surface area contributed by atoms with Gasteiger partial charge in [-0.25, -0.2) is 9.59 Å². The highest BCUT2D eigenvalue weighted by molar-refractivity contribution is 6.45. The maximum atomic E-state index is 14.0. The van der Waals surface area contributed by atoms with Gasteiger partial charge in [-0.2, -0.15) is 13.2 Å². The van der Waals surface area contributed by atoms with E-state index in [1.807, 2.05) is 30.3 Å². The van der Waals surface area contributed by atoms with E-state index in [2.05, 4.69) is 15.3 Å². The van der Waals surface area contributed by atoms with Gasteiger partial charge in [-0.3, -0.25) is 24.1 Å². The van der Waals surface area contributed by atoms with Gasteiger partial charge < -0.3 is 39.9 Å². The quantitative estimate of drug-likeness (QED) is 0.0425. The zero-order valence-corrected chi connectivity index (χ0v) is 31.6. The van der Waals surface area contributed by atoms with Crippen molar-refractivity contribution < 1.29 is 70.8 Å². The fraction of sp³-hybridized carbons (Fsp3) is 0.244. The number of carbonyl (C=O) groups is 6. The number of alkyl halides is 3. The Morgan fingerprint density at radius 1 is 0.833 bits per heavy atom. The smallest absolute Gasteiger partial charge is 0.493 e. The van der Waals surface area contributed by atoms with Crippen molar-refractivity contribution in [2.24, 2.45) is 10.9 Å². The number of likely N-dealkylation sites (tertiary alicyclic amines) is 1. The van der Waals surface area contributed by atoms with Crippen molar-refractivity contribution in [2.45, 2.75) is 57.1 Å². The normalized spacial score (nSPS) is 16.1. The van der Waals surface area contributed by atoms with Gasteiger partial charge in [0.25, 0.3) is 11.8 Å². The van der Waals surface area contributed by atoms with E-state index >= 15 is 0 Å². The van der Waals surface area contributed by atoms with Crippen molar-refractivity contribution in [1.29, 1.82) is 0 Å². The lowest BCUT2D eigenvalue weighted by Gasteiger charge is -2.48. The third kappa shape index (κ3) is 11.7. The molecule has 1 heterocycles. The lowest BCUT2D eigenvalue weighted by molar-refractivity contribution is -0.202. The molecule has 1 aliphatic rings. The molecule has 60 heavy (non-hydrogen) atoms. The van der Waals surface area contributed by atoms with E-state index in [0.29, 0.717) is 11.3 Å². The van der Waals surface area contributed by atoms with Crippen LogP contribution in [0.2, 0.25) is 0 Å². The number of hydrogen-bond donors (Lipinski definition) is 3. The van der Waals surface area contributed by atoms with Gasteiger partial charge in [-0.05, 0) is 53.1 Å². The van der Waals surface area contributed by atoms with Crippen molar-refractivity contribution >= 4 is 41.4 Å². The van der Waals surface area contributed by atoms with Crippen LogP contribution in [0.15, 0.2) is 114 Å². The zero-order chi connectivity index (χ0) is 43.4. The van der Waals surface area contributed by atoms with Crippen LogP contribution in [0.1, 0.15) is 41.6 Å². The topological polar surface area (TPSA) is 222 Å². The van der Waals surface area contributed by atoms with Gasteiger partial charge >= 0.3 is 30.1 Å². The first-order valence-corrected chi connectivity index (χ1v) is 18.0. The minimum Gasteiger partial charge on any atom is -0.494 e. The number of carboxylic acid groups (broad SMARTS) is 1. The van der Waals surface area contributed by atoms with E-state index in [0.717, 1.165) is 29.5 Å². The molecular formula is C41H37F3N4O12. The minimum atomic E-state index is -5.50. The number of β-lactam (4-membered cyclic amide) rings is 1. The molecule has 1 saturated heterocycles. The summed E-state index contributed by atoms with van der Waals surface area (Å²) in [4.78, 5) is 81.3. The molecule has 4 atom stereocenters. The largest absolute Gasteiger partial charge is 0.494 e. The van der Waals surface area contributed by atoms with Gasteiger partial charge in [-0.1, -0.05) is 78.0 Å². The molecular weight excluding hydrogens is 797 g/mol. The van der Waals surface area contributed by atoms with Gasteiger partial charge in [0.05, 0.1) is 6.61 Å². The van der Waals surface area contributed by atoms with Crippen molar-refractivity contribution in [3.05, 3.63) is 131 Å². The van der Waals surface area contributed by atoms with Gasteiger partial charge in [0.1, 0.15) is 30.8 Å². The maximum Gasteiger partial charge on any atom is 0.493 e. The molecule has 4 N–H and O–H groups in total. The summed E-state index contributed by atoms with van der Waals surface area (Å²) in [7, 11) is 0. The van der Waals surface area contributed by atoms with E-state index in [4.69, 9.17) is 29.8 Å². The summed E-state index contributed by atoms with van der Waals surface area (Å²) >= 11 is 0. The summed E-state index contributed by atoms with van der Waals surface area (Å²) < 4.78 is 61.4. The van der Waals surface area contributed by atoms with Gasteiger partial charge in [-0.15, -0.1) is 0 Å². The van der Waals surface area contributed by atoms with Gasteiger partial charge in [0, 0.05) is 18.9 Å². The first-order chi connectivity index (χ1) is 28.6. The summed E-state index contributed by atoms with van der Waals surface area (Å²) in [5.41, 5.74) is 6.01. The fourth-order valence-electron chi connectivity index (χ4n) is 5.60. The van der Waals surface area contributed by atoms with Crippen LogP contribution in [0.25, 0.3) is 0 Å². The number of carboxylic acids is 1. The minimum absolute atomic E-state index is 0.0738. The van der Waals surface area contributed by atoms with Crippen molar-refractivity contribution in [3.63, 3.8) is 0 Å². The number of halogens is 3. The van der Waals surface area contributed by atoms with Crippen LogP contribution in [0, 0.1) is 0 Å². The van der Waals surface area contributed by atoms with Gasteiger partial charge in [0.15, 0.2) is 17.8 Å². The standard InChI is InChI=1S/C41H37F3N4O12/c1-24(49)59-37-33(46-35(50)32(47-60-40(55)41(42,43)44)27-12-16-29(17-13-27)56-21-20-31(45)38(52)53)36(51)48(37)34(39(54)58-23-26-10-6-3-7-11-26)28-14-18-30(19-15-28)57-22-25-8-4-2-5-9-25/h2-19,31,33-34,37H,20-23,45H2,1H3,(H,46,50)(H,52,53)/t31?,33-,34?,37+/m1/s1. The molecule has 4 aromatic carbocycles. The molecule has 0 bridgehead atoms. The van der Waals surface area contributed by atoms with Crippen molar-refractivity contribution in [2.75, 3.05) is 6.61 Å². The summed E-state index contributed by atoms with van der Waals surface area (Å²) in [6.07, 6.45) is -7.25. The number of hydrogen-bond acceptors (Lipinski definition) is 13. The first kappa shape index (κ1) is 43.8. The Balaban J connectivity index is 1.40. The predicted octanol–water partition coefficient (Wildman–Crippen LogP) is 3.96. The van der Waals surface area contributed by atoms with Crippen LogP contribution in [0.4, 0.5) is 13.2 Å². The van der Waals surface area contributed by atoms with Crippen LogP contribution in [-0.4, -0.2) is 82.5 Å². The van der Waals surface area contributed by atoms with Gasteiger partial charge in [0.2, 0.25) is 6.23 Å². The number of carbonyl (C=O) groups excluding carboxylic acids is 5. The third-order valence-corrected chi connectivity index (χ3v) is 8.63. The predicted molar refractivity (Wildman–Crippen MR) is 201 cm³/mol.